The molecule has 1 aromatic carbocycles. The fraction of sp³-hybridized carbons (Fsp3) is 0.364. The topological polar surface area (TPSA) is 61.9 Å². The van der Waals surface area contributed by atoms with Gasteiger partial charge in [-0.15, -0.1) is 0 Å². The van der Waals surface area contributed by atoms with E-state index in [1.165, 1.54) is 12.1 Å². The number of benzene rings is 1. The molecule has 0 aliphatic carbocycles. The summed E-state index contributed by atoms with van der Waals surface area (Å²) in [5.74, 6) is -0.130. The van der Waals surface area contributed by atoms with Gasteiger partial charge in [0.15, 0.2) is 5.84 Å². The molecule has 4 nitrogen and oxygen atoms in total. The third kappa shape index (κ3) is 1.68. The molecule has 0 saturated carbocycles. The quantitative estimate of drug-likeness (QED) is 0.344. The van der Waals surface area contributed by atoms with Gasteiger partial charge < -0.3 is 15.8 Å². The molecular weight excluding hydrogens is 209 g/mol. The summed E-state index contributed by atoms with van der Waals surface area (Å²) in [4.78, 5) is 1.94. The molecule has 2 rings (SSSR count). The Morgan fingerprint density at radius 1 is 1.62 bits per heavy atom. The third-order valence-corrected chi connectivity index (χ3v) is 2.99. The summed E-state index contributed by atoms with van der Waals surface area (Å²) >= 11 is 0. The van der Waals surface area contributed by atoms with Crippen LogP contribution >= 0.6 is 0 Å². The highest BCUT2D eigenvalue weighted by atomic mass is 19.1. The second-order valence-corrected chi connectivity index (χ2v) is 3.92. The van der Waals surface area contributed by atoms with Gasteiger partial charge in [0.1, 0.15) is 5.82 Å². The van der Waals surface area contributed by atoms with Crippen LogP contribution in [0, 0.1) is 5.82 Å². The van der Waals surface area contributed by atoms with Crippen LogP contribution in [0.25, 0.3) is 0 Å². The summed E-state index contributed by atoms with van der Waals surface area (Å²) in [5.41, 5.74) is 7.48. The van der Waals surface area contributed by atoms with Gasteiger partial charge in [-0.2, -0.15) is 0 Å². The predicted octanol–water partition coefficient (Wildman–Crippen LogP) is 1.32. The van der Waals surface area contributed by atoms with Crippen molar-refractivity contribution in [1.82, 2.24) is 0 Å². The summed E-state index contributed by atoms with van der Waals surface area (Å²) < 4.78 is 13.1. The maximum absolute atomic E-state index is 13.1. The van der Waals surface area contributed by atoms with E-state index in [1.807, 2.05) is 11.8 Å². The molecule has 5 heteroatoms. The molecule has 0 amide bonds. The van der Waals surface area contributed by atoms with E-state index in [4.69, 9.17) is 10.9 Å². The summed E-state index contributed by atoms with van der Waals surface area (Å²) in [5, 5.41) is 11.6. The van der Waals surface area contributed by atoms with Crippen molar-refractivity contribution < 1.29 is 9.60 Å². The number of hydrogen-bond acceptors (Lipinski definition) is 3. The zero-order chi connectivity index (χ0) is 11.7. The summed E-state index contributed by atoms with van der Waals surface area (Å²) in [6.07, 6.45) is 0.860. The van der Waals surface area contributed by atoms with Crippen molar-refractivity contribution in [2.75, 3.05) is 11.4 Å². The highest BCUT2D eigenvalue weighted by Crippen LogP contribution is 2.30. The van der Waals surface area contributed by atoms with Gasteiger partial charge in [-0.3, -0.25) is 0 Å². The zero-order valence-corrected chi connectivity index (χ0v) is 9.02. The van der Waals surface area contributed by atoms with Gasteiger partial charge in [-0.1, -0.05) is 11.2 Å². The number of anilines is 1. The fourth-order valence-corrected chi connectivity index (χ4v) is 2.02. The first-order chi connectivity index (χ1) is 7.63. The van der Waals surface area contributed by atoms with Crippen LogP contribution in [-0.2, 0) is 6.42 Å². The number of halogens is 1. The maximum Gasteiger partial charge on any atom is 0.161 e. The van der Waals surface area contributed by atoms with Crippen LogP contribution in [0.5, 0.6) is 0 Å². The highest BCUT2D eigenvalue weighted by Gasteiger charge is 2.25. The van der Waals surface area contributed by atoms with Gasteiger partial charge in [0.2, 0.25) is 0 Å². The Morgan fingerprint density at radius 3 is 3.06 bits per heavy atom. The van der Waals surface area contributed by atoms with Crippen molar-refractivity contribution in [2.45, 2.75) is 19.4 Å². The fourth-order valence-electron chi connectivity index (χ4n) is 2.02. The number of hydrogen-bond donors (Lipinski definition) is 2. The lowest BCUT2D eigenvalue weighted by Crippen LogP contribution is -2.42. The molecule has 0 radical (unpaired) electrons. The zero-order valence-electron chi connectivity index (χ0n) is 9.02. The Bertz CT molecular complexity index is 433. The summed E-state index contributed by atoms with van der Waals surface area (Å²) in [6, 6.07) is 4.50. The standard InChI is InChI=1S/C11H14FN3O/c1-7(11(13)14-16)15-5-4-8-2-3-9(12)6-10(8)15/h2-3,6-7,16H,4-5H2,1H3,(H2,13,14). The van der Waals surface area contributed by atoms with E-state index >= 15 is 0 Å². The van der Waals surface area contributed by atoms with Crippen molar-refractivity contribution in [3.8, 4) is 0 Å². The molecule has 0 aromatic heterocycles. The van der Waals surface area contributed by atoms with Crippen LogP contribution in [0.1, 0.15) is 12.5 Å². The highest BCUT2D eigenvalue weighted by molar-refractivity contribution is 5.88. The molecule has 0 saturated heterocycles. The minimum absolute atomic E-state index is 0.136. The first kappa shape index (κ1) is 10.7. The van der Waals surface area contributed by atoms with Crippen LogP contribution in [0.3, 0.4) is 0 Å². The number of nitrogens with zero attached hydrogens (tertiary/aromatic N) is 2. The van der Waals surface area contributed by atoms with Crippen LogP contribution < -0.4 is 10.6 Å². The molecular formula is C11H14FN3O. The van der Waals surface area contributed by atoms with Crippen LogP contribution in [-0.4, -0.2) is 23.6 Å². The number of amidine groups is 1. The Morgan fingerprint density at radius 2 is 2.38 bits per heavy atom. The minimum Gasteiger partial charge on any atom is -0.409 e. The number of rotatable bonds is 2. The Hall–Kier alpha value is -1.78. The average Bonchev–Trinajstić information content (AvgIpc) is 2.69. The van der Waals surface area contributed by atoms with E-state index in [0.29, 0.717) is 0 Å². The van der Waals surface area contributed by atoms with E-state index < -0.39 is 0 Å². The summed E-state index contributed by atoms with van der Waals surface area (Å²) in [6.45, 7) is 2.59. The first-order valence-corrected chi connectivity index (χ1v) is 5.16. The second-order valence-electron chi connectivity index (χ2n) is 3.92. The molecule has 1 aromatic rings. The van der Waals surface area contributed by atoms with E-state index in [1.54, 1.807) is 6.07 Å². The van der Waals surface area contributed by atoms with E-state index in [2.05, 4.69) is 5.16 Å². The molecule has 3 N–H and O–H groups in total. The van der Waals surface area contributed by atoms with Gasteiger partial charge in [0.25, 0.3) is 0 Å². The van der Waals surface area contributed by atoms with Gasteiger partial charge in [-0.05, 0) is 31.0 Å². The Labute approximate surface area is 93.2 Å². The number of fused-ring (bicyclic) bond motifs is 1. The normalized spacial score (nSPS) is 17.4. The van der Waals surface area contributed by atoms with Crippen LogP contribution in [0.4, 0.5) is 10.1 Å². The van der Waals surface area contributed by atoms with Crippen molar-refractivity contribution in [3.05, 3.63) is 29.6 Å². The van der Waals surface area contributed by atoms with E-state index in [-0.39, 0.29) is 17.7 Å². The SMILES string of the molecule is CC(/C(N)=N/O)N1CCc2ccc(F)cc21. The van der Waals surface area contributed by atoms with Crippen molar-refractivity contribution >= 4 is 11.5 Å². The molecule has 0 spiro atoms. The third-order valence-electron chi connectivity index (χ3n) is 2.99. The molecule has 1 atom stereocenters. The van der Waals surface area contributed by atoms with Crippen molar-refractivity contribution in [3.63, 3.8) is 0 Å². The molecule has 86 valence electrons. The molecule has 0 bridgehead atoms. The lowest BCUT2D eigenvalue weighted by Gasteiger charge is -2.26. The first-order valence-electron chi connectivity index (χ1n) is 5.16. The van der Waals surface area contributed by atoms with E-state index in [0.717, 1.165) is 24.2 Å². The largest absolute Gasteiger partial charge is 0.409 e. The van der Waals surface area contributed by atoms with Gasteiger partial charge in [0.05, 0.1) is 6.04 Å². The monoisotopic (exact) mass is 223 g/mol. The van der Waals surface area contributed by atoms with Crippen LogP contribution in [0.15, 0.2) is 23.4 Å². The van der Waals surface area contributed by atoms with Crippen molar-refractivity contribution in [1.29, 1.82) is 0 Å². The minimum atomic E-state index is -0.266. The Kier molecular flexibility index (Phi) is 2.68. The van der Waals surface area contributed by atoms with Crippen molar-refractivity contribution in [2.24, 2.45) is 10.9 Å². The molecule has 16 heavy (non-hydrogen) atoms. The number of nitrogens with two attached hydrogens (primary N) is 1. The molecule has 1 heterocycles. The van der Waals surface area contributed by atoms with Gasteiger partial charge in [-0.25, -0.2) is 4.39 Å². The Balaban J connectivity index is 2.32. The predicted molar refractivity (Wildman–Crippen MR) is 60.3 cm³/mol. The smallest absolute Gasteiger partial charge is 0.161 e. The molecule has 0 fully saturated rings. The maximum atomic E-state index is 13.1. The van der Waals surface area contributed by atoms with Gasteiger partial charge in [0, 0.05) is 12.2 Å². The summed E-state index contributed by atoms with van der Waals surface area (Å²) in [7, 11) is 0. The van der Waals surface area contributed by atoms with E-state index in [9.17, 15) is 4.39 Å². The lowest BCUT2D eigenvalue weighted by molar-refractivity contribution is 0.316. The van der Waals surface area contributed by atoms with Gasteiger partial charge >= 0.3 is 0 Å². The average molecular weight is 223 g/mol. The number of oxime groups is 1. The lowest BCUT2D eigenvalue weighted by atomic mass is 10.1. The molecule has 1 aliphatic heterocycles. The molecule has 1 aliphatic rings. The molecule has 1 unspecified atom stereocenters. The van der Waals surface area contributed by atoms with Crippen LogP contribution in [0.2, 0.25) is 0 Å². The second kappa shape index (κ2) is 4.00.